The molecule has 0 unspecified atom stereocenters. The van der Waals surface area contributed by atoms with Crippen LogP contribution in [0.4, 0.5) is 0 Å². The van der Waals surface area contributed by atoms with Crippen molar-refractivity contribution in [3.8, 4) is 69.0 Å². The Kier molecular flexibility index (Phi) is 44.9. The first-order valence-electron chi connectivity index (χ1n) is 47.5. The zero-order chi connectivity index (χ0) is 111. The highest BCUT2D eigenvalue weighted by Gasteiger charge is 2.46. The Hall–Kier alpha value is -13.7. The average Bonchev–Trinajstić information content (AvgIpc) is 0.742. The molecule has 0 saturated heterocycles. The maximum Gasteiger partial charge on any atom is 0.526 e. The normalized spacial score (nSPS) is 16.3. The fraction of sp³-hybridized carbons (Fsp3) is 0.490. The van der Waals surface area contributed by atoms with E-state index in [-0.39, 0.29) is 190 Å². The molecule has 798 valence electrons. The number of phenols is 2. The predicted octanol–water partition coefficient (Wildman–Crippen LogP) is 10.8. The molecule has 48 heteroatoms. The molecule has 0 amide bonds. The number of hydrogen-bond acceptors (Lipinski definition) is 42. The zero-order valence-electron chi connectivity index (χ0n) is 87.0. The zero-order valence-corrected chi connectivity index (χ0v) is 87.0. The number of methoxy groups -OCH3 is 4. The summed E-state index contributed by atoms with van der Waals surface area (Å²) in [6, 6.07) is 18.4. The van der Waals surface area contributed by atoms with Crippen LogP contribution in [0.25, 0.3) is 0 Å². The summed E-state index contributed by atoms with van der Waals surface area (Å²) in [4.78, 5) is 177. The van der Waals surface area contributed by atoms with E-state index in [0.717, 1.165) is 17.2 Å². The highest BCUT2D eigenvalue weighted by molar-refractivity contribution is 6.49. The minimum Gasteiger partial charge on any atom is -0.535 e. The van der Waals surface area contributed by atoms with E-state index in [1.807, 2.05) is 0 Å². The molecule has 0 spiro atoms. The number of carbonyl (C=O) groups is 15. The van der Waals surface area contributed by atoms with Crippen LogP contribution in [-0.4, -0.2) is 240 Å². The number of phenolic OH excluding ortho intramolecular Hbond substituents is 2. The lowest BCUT2D eigenvalue weighted by Gasteiger charge is -2.28. The number of ether oxygens (including phenoxy) is 13. The first kappa shape index (κ1) is 121. The minimum absolute atomic E-state index is 0.00728. The highest BCUT2D eigenvalue weighted by Crippen LogP contribution is 2.47. The molecule has 6 aromatic rings. The van der Waals surface area contributed by atoms with Crippen molar-refractivity contribution in [3.63, 3.8) is 0 Å². The van der Waals surface area contributed by atoms with E-state index in [1.165, 1.54) is 100 Å². The Labute approximate surface area is 858 Å². The maximum absolute atomic E-state index is 12.6. The van der Waals surface area contributed by atoms with Crippen molar-refractivity contribution in [1.82, 2.24) is 0 Å². The van der Waals surface area contributed by atoms with E-state index in [4.69, 9.17) is 89.5 Å². The lowest BCUT2D eigenvalue weighted by molar-refractivity contribution is -0.162. The molecule has 42 nitrogen and oxygen atoms in total. The Morgan fingerprint density at radius 3 is 0.736 bits per heavy atom. The molecule has 0 bridgehead atoms. The van der Waals surface area contributed by atoms with E-state index in [2.05, 4.69) is 0 Å². The summed E-state index contributed by atoms with van der Waals surface area (Å²) in [5.74, 6) is -6.14. The van der Waals surface area contributed by atoms with Gasteiger partial charge in [-0.3, -0.25) is 14.4 Å². The predicted molar refractivity (Wildman–Crippen MR) is 532 cm³/mol. The number of ketones is 6. The highest BCUT2D eigenvalue weighted by atomic mass is 16.7. The van der Waals surface area contributed by atoms with Crippen molar-refractivity contribution in [2.75, 3.05) is 68.6 Å². The average molecular weight is 2070 g/mol. The third-order valence-corrected chi connectivity index (χ3v) is 23.0. The summed E-state index contributed by atoms with van der Waals surface area (Å²) < 4.78 is 98.4. The van der Waals surface area contributed by atoms with Gasteiger partial charge in [-0.1, -0.05) is 12.1 Å². The molecule has 6 aromatic carbocycles. The smallest absolute Gasteiger partial charge is 0.526 e. The van der Waals surface area contributed by atoms with Gasteiger partial charge in [0.15, 0.2) is 0 Å². The van der Waals surface area contributed by atoms with Crippen LogP contribution in [0.5, 0.6) is 69.0 Å². The summed E-state index contributed by atoms with van der Waals surface area (Å²) >= 11 is 0. The van der Waals surface area contributed by atoms with Crippen LogP contribution in [0, 0.1) is 16.2 Å². The van der Waals surface area contributed by atoms with Crippen molar-refractivity contribution >= 4 is 131 Å². The van der Waals surface area contributed by atoms with Gasteiger partial charge in [-0.25, -0.2) is 28.8 Å². The molecule has 6 aliphatic heterocycles. The number of benzene rings is 6. The van der Waals surface area contributed by atoms with Gasteiger partial charge in [-0.15, -0.1) is 0 Å². The molecule has 6 atom stereocenters. The van der Waals surface area contributed by atoms with Gasteiger partial charge in [0, 0.05) is 73.4 Å². The fourth-order valence-corrected chi connectivity index (χ4v) is 16.0. The molecule has 6 aliphatic rings. The van der Waals surface area contributed by atoms with Gasteiger partial charge in [0.2, 0.25) is 20.4 Å². The molecular formula is C100H128B6O42. The Morgan fingerprint density at radius 1 is 0.284 bits per heavy atom. The van der Waals surface area contributed by atoms with Crippen LogP contribution in [0.1, 0.15) is 259 Å². The fourth-order valence-electron chi connectivity index (χ4n) is 16.0. The standard InChI is InChI=1S/2C19H25BO8.C18H23BO8.2C15H19BO6.C14H17BO6/c1-11(21)6-13-7-12-8-14(25-5)9-15(16(12)28-20(13)24)17(22)26-10-27-18(23)19(2,3)4;1-11(21)8-13-9-12-6-7-14(25-5)15(16(12)28-20(13)24)17(22)26-10-27-18(23)19(2,3)4;1-10(20)5-12-6-11-7-13(21)8-14(15(11)27-19(12)24)16(22)25-9-26-17(23)18(2,3)4;1-4-21-15(18)13-8-12(20-3)7-10-6-11(5-9(2)17)16(19)22-14(10)13;1-4-21-15(18)13-12(20-3)6-5-10-8-11(7-9(2)17)16(19)22-14(10)13;1-3-20-14(18)12-7-11(17)6-9-5-10(4-8(2)16)15(19)21-13(9)12/h8-9,13,24H,6-7,10H2,1-5H3;6-7,13,24H,8-10H2,1-5H3;7-8,12,21,24H,5-6,9H2,1-4H3;7-8,11,19H,4-6H2,1-3H3;5-6,11,19H,4,7-8H2,1-3H3;6-7,10,17,19H,3-5H2,1-2H3/t2*13-;12-;2*11-;10-/m000000/s1. The van der Waals surface area contributed by atoms with Crippen LogP contribution < -0.4 is 46.9 Å². The SMILES string of the molecule is CC(=O)C[C@H]1Cc2cc(O)cc(C(=O)OCOC(=O)C(C)(C)C)c2OB1O.CCOC(=O)c1c(OC)ccc2c1OB(O)[C@@H](CC(C)=O)C2.CCOC(=O)c1cc(O)cc2c1OB(O)[C@@H](CC(C)=O)C2.CCOC(=O)c1cc(OC)cc2c1OB(O)[C@@H](CC(C)=O)C2.COc1cc2c(c(C(=O)OCOC(=O)C(C)(C)C)c1)OB(O)[C@@H](CC(C)=O)C2.COc1ccc2c(c1C(=O)OCOC(=O)C(C)(C)C)OB(O)[C@@H](CC(C)=O)C2. The molecular weight excluding hydrogens is 1940 g/mol. The first-order chi connectivity index (χ1) is 69.4. The molecule has 0 radical (unpaired) electrons. The minimum atomic E-state index is -1.27. The second kappa shape index (κ2) is 54.8. The number of hydrogen-bond donors (Lipinski definition) is 8. The second-order valence-electron chi connectivity index (χ2n) is 38.7. The van der Waals surface area contributed by atoms with Crippen molar-refractivity contribution in [2.24, 2.45) is 16.2 Å². The van der Waals surface area contributed by atoms with Gasteiger partial charge in [-0.2, -0.15) is 0 Å². The number of fused-ring (bicyclic) bond motifs is 6. The van der Waals surface area contributed by atoms with Crippen LogP contribution in [-0.2, 0) is 124 Å². The Balaban J connectivity index is 0.000000241. The lowest BCUT2D eigenvalue weighted by Crippen LogP contribution is -2.35. The second-order valence-corrected chi connectivity index (χ2v) is 38.7. The summed E-state index contributed by atoms with van der Waals surface area (Å²) in [5.41, 5.74) is 2.01. The van der Waals surface area contributed by atoms with Crippen molar-refractivity contribution in [3.05, 3.63) is 140 Å². The van der Waals surface area contributed by atoms with E-state index in [9.17, 15) is 112 Å². The van der Waals surface area contributed by atoms with Crippen LogP contribution >= 0.6 is 0 Å². The molecule has 0 aliphatic carbocycles. The molecule has 0 saturated carbocycles. The molecule has 12 rings (SSSR count). The lowest BCUT2D eigenvalue weighted by atomic mass is 9.64. The quantitative estimate of drug-likeness (QED) is 0.00867. The van der Waals surface area contributed by atoms with E-state index in [0.29, 0.717) is 77.4 Å². The third-order valence-electron chi connectivity index (χ3n) is 23.0. The topological polar surface area (TPSA) is 593 Å². The van der Waals surface area contributed by atoms with E-state index in [1.54, 1.807) is 119 Å². The molecule has 8 N–H and O–H groups in total. The monoisotopic (exact) mass is 2070 g/mol. The van der Waals surface area contributed by atoms with Gasteiger partial charge in [0.1, 0.15) is 137 Å². The van der Waals surface area contributed by atoms with Gasteiger partial charge in [0.05, 0.1) is 64.5 Å². The van der Waals surface area contributed by atoms with Crippen LogP contribution in [0.3, 0.4) is 0 Å². The third kappa shape index (κ3) is 34.5. The van der Waals surface area contributed by atoms with E-state index >= 15 is 0 Å². The van der Waals surface area contributed by atoms with Gasteiger partial charge >= 0.3 is 96.4 Å². The molecule has 0 aromatic heterocycles. The van der Waals surface area contributed by atoms with Gasteiger partial charge in [-0.05, 0) is 257 Å². The summed E-state index contributed by atoms with van der Waals surface area (Å²) in [7, 11) is -1.39. The Bertz CT molecular complexity index is 5820. The number of rotatable bonds is 31. The maximum atomic E-state index is 12.6. The summed E-state index contributed by atoms with van der Waals surface area (Å²) in [5, 5.41) is 80.3. The number of aromatic hydroxyl groups is 2. The summed E-state index contributed by atoms with van der Waals surface area (Å²) in [6.07, 6.45) is 3.21. The molecule has 0 fully saturated rings. The van der Waals surface area contributed by atoms with Crippen molar-refractivity contribution in [2.45, 2.75) is 237 Å². The van der Waals surface area contributed by atoms with Gasteiger partial charge in [0.25, 0.3) is 0 Å². The van der Waals surface area contributed by atoms with Crippen molar-refractivity contribution in [1.29, 1.82) is 0 Å². The number of esters is 9. The number of carbonyl (C=O) groups excluding carboxylic acids is 15. The van der Waals surface area contributed by atoms with Crippen LogP contribution in [0.2, 0.25) is 34.9 Å². The largest absolute Gasteiger partial charge is 0.535 e. The van der Waals surface area contributed by atoms with Crippen LogP contribution in [0.15, 0.2) is 72.8 Å². The molecule has 6 heterocycles. The molecule has 148 heavy (non-hydrogen) atoms. The van der Waals surface area contributed by atoms with Gasteiger partial charge < -0.3 is 159 Å². The number of Topliss-reactive ketones (excluding diaryl/α,β-unsaturated/α-hetero) is 6. The summed E-state index contributed by atoms with van der Waals surface area (Å²) in [6.45, 7) is 27.8. The Morgan fingerprint density at radius 2 is 0.500 bits per heavy atom. The first-order valence-corrected chi connectivity index (χ1v) is 47.5. The van der Waals surface area contributed by atoms with Crippen molar-refractivity contribution < 1.29 is 202 Å². The van der Waals surface area contributed by atoms with E-state index < -0.39 is 156 Å².